The second-order valence-corrected chi connectivity index (χ2v) is 5.27. The molecule has 1 amide bonds. The first-order valence-electron chi connectivity index (χ1n) is 6.84. The minimum atomic E-state index is 0. The SMILES string of the molecule is Cl.O=C(NCCC1CCCCC1)C1CCNC1. The van der Waals surface area contributed by atoms with Gasteiger partial charge >= 0.3 is 0 Å². The number of carbonyl (C=O) groups excluding carboxylic acids is 1. The summed E-state index contributed by atoms with van der Waals surface area (Å²) in [6, 6.07) is 0. The molecule has 0 aromatic carbocycles. The largest absolute Gasteiger partial charge is 0.356 e. The number of rotatable bonds is 4. The van der Waals surface area contributed by atoms with Crippen molar-refractivity contribution in [3.05, 3.63) is 0 Å². The predicted molar refractivity (Wildman–Crippen MR) is 72.4 cm³/mol. The molecule has 2 rings (SSSR count). The molecule has 1 saturated carbocycles. The van der Waals surface area contributed by atoms with Crippen LogP contribution in [0.3, 0.4) is 0 Å². The normalized spacial score (nSPS) is 25.3. The molecule has 0 aromatic heterocycles. The maximum atomic E-state index is 11.7. The zero-order chi connectivity index (χ0) is 11.2. The highest BCUT2D eigenvalue weighted by Crippen LogP contribution is 2.25. The van der Waals surface area contributed by atoms with Crippen molar-refractivity contribution in [2.75, 3.05) is 19.6 Å². The van der Waals surface area contributed by atoms with Crippen molar-refractivity contribution in [2.45, 2.75) is 44.9 Å². The van der Waals surface area contributed by atoms with E-state index in [1.807, 2.05) is 0 Å². The molecular weight excluding hydrogens is 236 g/mol. The lowest BCUT2D eigenvalue weighted by Crippen LogP contribution is -2.33. The van der Waals surface area contributed by atoms with Crippen LogP contribution in [0.25, 0.3) is 0 Å². The molecule has 1 unspecified atom stereocenters. The molecule has 0 radical (unpaired) electrons. The average molecular weight is 261 g/mol. The van der Waals surface area contributed by atoms with Gasteiger partial charge in [-0.1, -0.05) is 32.1 Å². The molecule has 2 fully saturated rings. The molecule has 100 valence electrons. The lowest BCUT2D eigenvalue weighted by molar-refractivity contribution is -0.124. The average Bonchev–Trinajstić information content (AvgIpc) is 2.84. The summed E-state index contributed by atoms with van der Waals surface area (Å²) < 4.78 is 0. The zero-order valence-electron chi connectivity index (χ0n) is 10.5. The highest BCUT2D eigenvalue weighted by molar-refractivity contribution is 5.85. The molecule has 1 atom stereocenters. The van der Waals surface area contributed by atoms with Gasteiger partial charge in [-0.25, -0.2) is 0 Å². The van der Waals surface area contributed by atoms with Crippen LogP contribution in [0.15, 0.2) is 0 Å². The van der Waals surface area contributed by atoms with E-state index in [0.29, 0.717) is 0 Å². The van der Waals surface area contributed by atoms with E-state index in [1.165, 1.54) is 38.5 Å². The number of hydrogen-bond acceptors (Lipinski definition) is 2. The van der Waals surface area contributed by atoms with Crippen LogP contribution in [0.5, 0.6) is 0 Å². The van der Waals surface area contributed by atoms with Crippen LogP contribution >= 0.6 is 12.4 Å². The van der Waals surface area contributed by atoms with Gasteiger partial charge in [0.25, 0.3) is 0 Å². The molecule has 1 aliphatic carbocycles. The second kappa shape index (κ2) is 7.93. The van der Waals surface area contributed by atoms with Crippen molar-refractivity contribution in [3.63, 3.8) is 0 Å². The first-order valence-corrected chi connectivity index (χ1v) is 6.84. The Kier molecular flexibility index (Phi) is 6.90. The number of amides is 1. The van der Waals surface area contributed by atoms with Crippen LogP contribution in [0.1, 0.15) is 44.9 Å². The number of carbonyl (C=O) groups is 1. The molecule has 0 bridgehead atoms. The molecule has 1 heterocycles. The highest BCUT2D eigenvalue weighted by Gasteiger charge is 2.22. The van der Waals surface area contributed by atoms with Crippen molar-refractivity contribution in [2.24, 2.45) is 11.8 Å². The summed E-state index contributed by atoms with van der Waals surface area (Å²) in [5.41, 5.74) is 0. The van der Waals surface area contributed by atoms with E-state index in [4.69, 9.17) is 0 Å². The van der Waals surface area contributed by atoms with Crippen LogP contribution in [-0.2, 0) is 4.79 Å². The van der Waals surface area contributed by atoms with Gasteiger partial charge in [0.2, 0.25) is 5.91 Å². The molecule has 1 saturated heterocycles. The van der Waals surface area contributed by atoms with Crippen LogP contribution in [0.4, 0.5) is 0 Å². The summed E-state index contributed by atoms with van der Waals surface area (Å²) in [7, 11) is 0. The number of halogens is 1. The van der Waals surface area contributed by atoms with Gasteiger partial charge < -0.3 is 10.6 Å². The molecule has 3 nitrogen and oxygen atoms in total. The molecule has 17 heavy (non-hydrogen) atoms. The Morgan fingerprint density at radius 1 is 1.18 bits per heavy atom. The quantitative estimate of drug-likeness (QED) is 0.813. The second-order valence-electron chi connectivity index (χ2n) is 5.27. The highest BCUT2D eigenvalue weighted by atomic mass is 35.5. The molecule has 0 spiro atoms. The Morgan fingerprint density at radius 2 is 1.94 bits per heavy atom. The molecular formula is C13H25ClN2O. The Hall–Kier alpha value is -0.280. The predicted octanol–water partition coefficient (Wildman–Crippen LogP) is 2.10. The summed E-state index contributed by atoms with van der Waals surface area (Å²) in [5, 5.41) is 6.33. The van der Waals surface area contributed by atoms with Crippen molar-refractivity contribution < 1.29 is 4.79 Å². The van der Waals surface area contributed by atoms with Crippen LogP contribution < -0.4 is 10.6 Å². The van der Waals surface area contributed by atoms with E-state index in [-0.39, 0.29) is 24.2 Å². The standard InChI is InChI=1S/C13H24N2O.ClH/c16-13(12-7-8-14-10-12)15-9-6-11-4-2-1-3-5-11;/h11-12,14H,1-10H2,(H,15,16);1H. The Balaban J connectivity index is 0.00000144. The Morgan fingerprint density at radius 3 is 2.59 bits per heavy atom. The van der Waals surface area contributed by atoms with E-state index in [0.717, 1.165) is 32.0 Å². The van der Waals surface area contributed by atoms with E-state index in [1.54, 1.807) is 0 Å². The first kappa shape index (κ1) is 14.8. The fourth-order valence-corrected chi connectivity index (χ4v) is 2.90. The van der Waals surface area contributed by atoms with Crippen LogP contribution in [0, 0.1) is 11.8 Å². The third-order valence-electron chi connectivity index (χ3n) is 4.01. The fraction of sp³-hybridized carbons (Fsp3) is 0.923. The number of nitrogens with one attached hydrogen (secondary N) is 2. The fourth-order valence-electron chi connectivity index (χ4n) is 2.90. The minimum absolute atomic E-state index is 0. The third-order valence-corrected chi connectivity index (χ3v) is 4.01. The van der Waals surface area contributed by atoms with Crippen LogP contribution in [-0.4, -0.2) is 25.5 Å². The monoisotopic (exact) mass is 260 g/mol. The van der Waals surface area contributed by atoms with E-state index >= 15 is 0 Å². The van der Waals surface area contributed by atoms with Gasteiger partial charge in [-0.3, -0.25) is 4.79 Å². The van der Waals surface area contributed by atoms with Gasteiger partial charge in [-0.2, -0.15) is 0 Å². The topological polar surface area (TPSA) is 41.1 Å². The van der Waals surface area contributed by atoms with Crippen molar-refractivity contribution in [1.29, 1.82) is 0 Å². The summed E-state index contributed by atoms with van der Waals surface area (Å²) in [4.78, 5) is 11.7. The third kappa shape index (κ3) is 4.84. The molecule has 4 heteroatoms. The summed E-state index contributed by atoms with van der Waals surface area (Å²) in [5.74, 6) is 1.36. The smallest absolute Gasteiger partial charge is 0.224 e. The Labute approximate surface area is 111 Å². The molecule has 1 aliphatic heterocycles. The minimum Gasteiger partial charge on any atom is -0.356 e. The maximum absolute atomic E-state index is 11.7. The van der Waals surface area contributed by atoms with E-state index in [9.17, 15) is 4.79 Å². The van der Waals surface area contributed by atoms with Gasteiger partial charge in [0.1, 0.15) is 0 Å². The van der Waals surface area contributed by atoms with E-state index < -0.39 is 0 Å². The van der Waals surface area contributed by atoms with Crippen molar-refractivity contribution in [1.82, 2.24) is 10.6 Å². The van der Waals surface area contributed by atoms with E-state index in [2.05, 4.69) is 10.6 Å². The molecule has 0 aromatic rings. The summed E-state index contributed by atoms with van der Waals surface area (Å²) >= 11 is 0. The van der Waals surface area contributed by atoms with Gasteiger partial charge in [0.05, 0.1) is 5.92 Å². The lowest BCUT2D eigenvalue weighted by atomic mass is 9.87. The maximum Gasteiger partial charge on any atom is 0.224 e. The zero-order valence-corrected chi connectivity index (χ0v) is 11.4. The van der Waals surface area contributed by atoms with Crippen molar-refractivity contribution >= 4 is 18.3 Å². The van der Waals surface area contributed by atoms with Crippen molar-refractivity contribution in [3.8, 4) is 0 Å². The van der Waals surface area contributed by atoms with Crippen LogP contribution in [0.2, 0.25) is 0 Å². The van der Waals surface area contributed by atoms with Gasteiger partial charge in [-0.15, -0.1) is 12.4 Å². The summed E-state index contributed by atoms with van der Waals surface area (Å²) in [6.45, 7) is 2.76. The molecule has 2 aliphatic rings. The lowest BCUT2D eigenvalue weighted by Gasteiger charge is -2.21. The van der Waals surface area contributed by atoms with Gasteiger partial charge in [0.15, 0.2) is 0 Å². The van der Waals surface area contributed by atoms with Gasteiger partial charge in [-0.05, 0) is 25.3 Å². The first-order chi connectivity index (χ1) is 7.86. The Bertz CT molecular complexity index is 223. The molecule has 2 N–H and O–H groups in total. The number of hydrogen-bond donors (Lipinski definition) is 2. The summed E-state index contributed by atoms with van der Waals surface area (Å²) in [6.07, 6.45) is 9.15. The van der Waals surface area contributed by atoms with Gasteiger partial charge in [0, 0.05) is 13.1 Å².